The van der Waals surface area contributed by atoms with Gasteiger partial charge in [-0.3, -0.25) is 0 Å². The van der Waals surface area contributed by atoms with Crippen LogP contribution in [-0.2, 0) is 6.61 Å². The minimum Gasteiger partial charge on any atom is -0.438 e. The number of hydrogen-bond donors (Lipinski definition) is 3. The minimum atomic E-state index is -0.153. The van der Waals surface area contributed by atoms with Crippen LogP contribution in [0.1, 0.15) is 22.4 Å². The van der Waals surface area contributed by atoms with Crippen molar-refractivity contribution >= 4 is 5.84 Å². The van der Waals surface area contributed by atoms with E-state index >= 15 is 0 Å². The highest BCUT2D eigenvalue weighted by Crippen LogP contribution is 2.28. The average molecular weight is 287 g/mol. The molecule has 0 fully saturated rings. The van der Waals surface area contributed by atoms with E-state index in [1.807, 2.05) is 19.9 Å². The van der Waals surface area contributed by atoms with Gasteiger partial charge in [0.25, 0.3) is 0 Å². The fourth-order valence-corrected chi connectivity index (χ4v) is 2.08. The lowest BCUT2D eigenvalue weighted by atomic mass is 10.1. The van der Waals surface area contributed by atoms with E-state index in [-0.39, 0.29) is 18.3 Å². The molecule has 2 rings (SSSR count). The maximum Gasteiger partial charge on any atom is 0.230 e. The zero-order valence-electron chi connectivity index (χ0n) is 11.9. The summed E-state index contributed by atoms with van der Waals surface area (Å²) in [6.07, 6.45) is 0. The third-order valence-corrected chi connectivity index (χ3v) is 3.02. The number of oxime groups is 1. The smallest absolute Gasteiger partial charge is 0.230 e. The predicted octanol–water partition coefficient (Wildman–Crippen LogP) is 2.08. The number of hydrogen-bond acceptors (Lipinski definition) is 5. The molecule has 0 saturated carbocycles. The van der Waals surface area contributed by atoms with Crippen molar-refractivity contribution in [1.29, 1.82) is 0 Å². The number of nitrogens with two attached hydrogens (primary N) is 1. The van der Waals surface area contributed by atoms with Crippen molar-refractivity contribution in [3.63, 3.8) is 0 Å². The Morgan fingerprint density at radius 1 is 1.33 bits per heavy atom. The number of rotatable bonds is 4. The van der Waals surface area contributed by atoms with Gasteiger partial charge in [0.05, 0.1) is 12.2 Å². The first-order valence-corrected chi connectivity index (χ1v) is 6.39. The molecule has 1 aromatic heterocycles. The van der Waals surface area contributed by atoms with Crippen LogP contribution in [0.15, 0.2) is 35.5 Å². The van der Waals surface area contributed by atoms with Gasteiger partial charge in [-0.05, 0) is 31.5 Å². The maximum absolute atomic E-state index is 9.34. The zero-order chi connectivity index (χ0) is 15.4. The van der Waals surface area contributed by atoms with E-state index in [1.165, 1.54) is 0 Å². The molecule has 0 unspecified atom stereocenters. The molecule has 0 bridgehead atoms. The molecule has 0 spiro atoms. The molecule has 2 aromatic rings. The van der Waals surface area contributed by atoms with Crippen LogP contribution in [0, 0.1) is 13.8 Å². The Kier molecular flexibility index (Phi) is 4.39. The van der Waals surface area contributed by atoms with E-state index in [0.717, 1.165) is 11.3 Å². The van der Waals surface area contributed by atoms with Gasteiger partial charge in [-0.25, -0.2) is 4.98 Å². The first-order valence-electron chi connectivity index (χ1n) is 6.39. The molecule has 0 amide bonds. The van der Waals surface area contributed by atoms with Crippen molar-refractivity contribution in [2.24, 2.45) is 10.9 Å². The van der Waals surface area contributed by atoms with Gasteiger partial charge in [0.15, 0.2) is 5.84 Å². The summed E-state index contributed by atoms with van der Waals surface area (Å²) in [5.41, 5.74) is 8.29. The number of benzene rings is 1. The second-order valence-corrected chi connectivity index (χ2v) is 4.61. The van der Waals surface area contributed by atoms with E-state index in [4.69, 9.17) is 15.7 Å². The third kappa shape index (κ3) is 3.11. The highest BCUT2D eigenvalue weighted by Gasteiger charge is 2.16. The lowest BCUT2D eigenvalue weighted by Crippen LogP contribution is -2.17. The van der Waals surface area contributed by atoms with Crippen molar-refractivity contribution in [1.82, 2.24) is 4.98 Å². The van der Waals surface area contributed by atoms with Crippen LogP contribution in [0.4, 0.5) is 0 Å². The molecular formula is C15H17N3O3. The summed E-state index contributed by atoms with van der Waals surface area (Å²) in [7, 11) is 0. The fraction of sp³-hybridized carbons (Fsp3) is 0.200. The molecule has 0 radical (unpaired) electrons. The van der Waals surface area contributed by atoms with E-state index in [9.17, 15) is 5.11 Å². The fourth-order valence-electron chi connectivity index (χ4n) is 2.08. The Labute approximate surface area is 122 Å². The number of aliphatic hydroxyl groups is 1. The monoisotopic (exact) mass is 287 g/mol. The van der Waals surface area contributed by atoms with Crippen LogP contribution >= 0.6 is 0 Å². The molecule has 0 aliphatic rings. The molecule has 0 atom stereocenters. The largest absolute Gasteiger partial charge is 0.438 e. The molecule has 0 aliphatic carbocycles. The lowest BCUT2D eigenvalue weighted by molar-refractivity contribution is 0.276. The van der Waals surface area contributed by atoms with Crippen molar-refractivity contribution < 1.29 is 15.1 Å². The van der Waals surface area contributed by atoms with Crippen molar-refractivity contribution in [3.8, 4) is 11.6 Å². The van der Waals surface area contributed by atoms with Gasteiger partial charge in [0, 0.05) is 11.3 Å². The topological polar surface area (TPSA) is 101 Å². The summed E-state index contributed by atoms with van der Waals surface area (Å²) < 4.78 is 5.77. The van der Waals surface area contributed by atoms with Crippen molar-refractivity contribution in [3.05, 3.63) is 52.7 Å². The highest BCUT2D eigenvalue weighted by molar-refractivity contribution is 6.00. The number of amidine groups is 1. The summed E-state index contributed by atoms with van der Waals surface area (Å²) in [5.74, 6) is 0.643. The molecule has 6 heteroatoms. The molecule has 110 valence electrons. The second-order valence-electron chi connectivity index (χ2n) is 4.61. The molecule has 0 saturated heterocycles. The number of pyridine rings is 1. The first-order chi connectivity index (χ1) is 10.1. The van der Waals surface area contributed by atoms with Crippen LogP contribution in [0.2, 0.25) is 0 Å². The number of ether oxygens (including phenoxy) is 1. The Hall–Kier alpha value is -2.60. The number of aryl methyl sites for hydroxylation is 2. The zero-order valence-corrected chi connectivity index (χ0v) is 11.9. The Morgan fingerprint density at radius 3 is 2.71 bits per heavy atom. The van der Waals surface area contributed by atoms with Crippen LogP contribution in [0.3, 0.4) is 0 Å². The van der Waals surface area contributed by atoms with Gasteiger partial charge in [-0.15, -0.1) is 0 Å². The number of aromatic nitrogens is 1. The van der Waals surface area contributed by atoms with Crippen LogP contribution in [-0.4, -0.2) is 21.1 Å². The molecule has 1 aromatic carbocycles. The second kappa shape index (κ2) is 6.23. The first kappa shape index (κ1) is 14.8. The minimum absolute atomic E-state index is 0.0727. The summed E-state index contributed by atoms with van der Waals surface area (Å²) >= 11 is 0. The normalized spacial score (nSPS) is 11.5. The summed E-state index contributed by atoms with van der Waals surface area (Å²) in [4.78, 5) is 4.30. The Balaban J connectivity index is 2.53. The van der Waals surface area contributed by atoms with Gasteiger partial charge >= 0.3 is 0 Å². The van der Waals surface area contributed by atoms with Gasteiger partial charge in [0.1, 0.15) is 5.75 Å². The molecular weight excluding hydrogens is 270 g/mol. The van der Waals surface area contributed by atoms with Crippen molar-refractivity contribution in [2.45, 2.75) is 20.5 Å². The van der Waals surface area contributed by atoms with Gasteiger partial charge < -0.3 is 20.8 Å². The Bertz CT molecular complexity index is 684. The van der Waals surface area contributed by atoms with E-state index in [1.54, 1.807) is 24.3 Å². The molecule has 21 heavy (non-hydrogen) atoms. The maximum atomic E-state index is 9.34. The number of nitrogens with zero attached hydrogens (tertiary/aromatic N) is 2. The summed E-state index contributed by atoms with van der Waals surface area (Å²) in [6, 6.07) is 8.89. The van der Waals surface area contributed by atoms with Crippen molar-refractivity contribution in [2.75, 3.05) is 0 Å². The van der Waals surface area contributed by atoms with Crippen LogP contribution in [0.5, 0.6) is 11.6 Å². The van der Waals surface area contributed by atoms with Crippen LogP contribution in [0.25, 0.3) is 0 Å². The lowest BCUT2D eigenvalue weighted by Gasteiger charge is -2.14. The van der Waals surface area contributed by atoms with Gasteiger partial charge in [0.2, 0.25) is 5.88 Å². The van der Waals surface area contributed by atoms with E-state index < -0.39 is 0 Å². The molecule has 0 aliphatic heterocycles. The predicted molar refractivity (Wildman–Crippen MR) is 78.7 cm³/mol. The molecule has 6 nitrogen and oxygen atoms in total. The standard InChI is InChI=1S/C15H17N3O3/c1-9-7-10(2)17-15(13(9)14(16)18-20)21-12-6-4-3-5-11(12)8-19/h3-7,19-20H,8H2,1-2H3,(H2,16,18). The Morgan fingerprint density at radius 2 is 2.05 bits per heavy atom. The van der Waals surface area contributed by atoms with Crippen LogP contribution < -0.4 is 10.5 Å². The average Bonchev–Trinajstić information content (AvgIpc) is 2.46. The van der Waals surface area contributed by atoms with Gasteiger partial charge in [-0.1, -0.05) is 23.4 Å². The van der Waals surface area contributed by atoms with E-state index in [2.05, 4.69) is 10.1 Å². The summed E-state index contributed by atoms with van der Waals surface area (Å²) in [6.45, 7) is 3.50. The summed E-state index contributed by atoms with van der Waals surface area (Å²) in [5, 5.41) is 21.3. The highest BCUT2D eigenvalue weighted by atomic mass is 16.5. The third-order valence-electron chi connectivity index (χ3n) is 3.02. The van der Waals surface area contributed by atoms with E-state index in [0.29, 0.717) is 16.9 Å². The SMILES string of the molecule is Cc1cc(C)c(C(N)=NO)c(Oc2ccccc2CO)n1. The number of aliphatic hydroxyl groups excluding tert-OH is 1. The molecule has 1 heterocycles. The molecule has 4 N–H and O–H groups in total. The number of para-hydroxylation sites is 1. The quantitative estimate of drug-likeness (QED) is 0.346. The van der Waals surface area contributed by atoms with Gasteiger partial charge in [-0.2, -0.15) is 0 Å².